The minimum atomic E-state index is -0.705. The van der Waals surface area contributed by atoms with Crippen LogP contribution in [0.25, 0.3) is 6.08 Å². The van der Waals surface area contributed by atoms with Crippen LogP contribution >= 0.6 is 11.3 Å². The SMILES string of the molecule is COC(=O)C1=C(C)N=c2s/c(=C\c3cccc(OC(C)=O)c3)c(=O)n2[C@@H]1c1ccc(OC)cc1. The molecule has 0 fully saturated rings. The van der Waals surface area contributed by atoms with Crippen LogP contribution in [0.15, 0.2) is 69.6 Å². The molecule has 2 aromatic carbocycles. The van der Waals surface area contributed by atoms with Crippen molar-refractivity contribution in [2.75, 3.05) is 14.2 Å². The van der Waals surface area contributed by atoms with E-state index in [9.17, 15) is 14.4 Å². The third-order valence-corrected chi connectivity index (χ3v) is 6.26. The summed E-state index contributed by atoms with van der Waals surface area (Å²) in [7, 11) is 2.87. The molecule has 3 aromatic rings. The predicted octanol–water partition coefficient (Wildman–Crippen LogP) is 2.34. The topological polar surface area (TPSA) is 96.2 Å². The molecular weight excluding hydrogens is 456 g/mol. The summed E-state index contributed by atoms with van der Waals surface area (Å²) in [5.74, 6) is 0.0605. The molecule has 174 valence electrons. The van der Waals surface area contributed by atoms with Gasteiger partial charge in [-0.05, 0) is 48.4 Å². The number of nitrogens with zero attached hydrogens (tertiary/aromatic N) is 2. The lowest BCUT2D eigenvalue weighted by Crippen LogP contribution is -2.39. The van der Waals surface area contributed by atoms with E-state index in [1.54, 1.807) is 56.5 Å². The molecule has 4 rings (SSSR count). The lowest BCUT2D eigenvalue weighted by molar-refractivity contribution is -0.136. The number of benzene rings is 2. The largest absolute Gasteiger partial charge is 0.497 e. The summed E-state index contributed by atoms with van der Waals surface area (Å²) in [6.07, 6.45) is 1.71. The molecule has 0 amide bonds. The van der Waals surface area contributed by atoms with Crippen LogP contribution in [0, 0.1) is 0 Å². The van der Waals surface area contributed by atoms with E-state index in [-0.39, 0.29) is 5.56 Å². The number of thiazole rings is 1. The highest BCUT2D eigenvalue weighted by atomic mass is 32.1. The predicted molar refractivity (Wildman–Crippen MR) is 127 cm³/mol. The summed E-state index contributed by atoms with van der Waals surface area (Å²) in [5, 5.41) is 0. The van der Waals surface area contributed by atoms with Gasteiger partial charge in [0.25, 0.3) is 5.56 Å². The first-order valence-electron chi connectivity index (χ1n) is 10.4. The van der Waals surface area contributed by atoms with Gasteiger partial charge in [0.1, 0.15) is 11.5 Å². The average molecular weight is 479 g/mol. The summed E-state index contributed by atoms with van der Waals surface area (Å²) in [6.45, 7) is 3.05. The van der Waals surface area contributed by atoms with E-state index in [0.717, 1.165) is 5.56 Å². The van der Waals surface area contributed by atoms with Crippen LogP contribution in [0.3, 0.4) is 0 Å². The fraction of sp³-hybridized carbons (Fsp3) is 0.200. The number of carbonyl (C=O) groups is 2. The first-order chi connectivity index (χ1) is 16.3. The van der Waals surface area contributed by atoms with Crippen LogP contribution in [-0.4, -0.2) is 30.7 Å². The molecule has 0 saturated heterocycles. The first-order valence-corrected chi connectivity index (χ1v) is 11.2. The zero-order valence-electron chi connectivity index (χ0n) is 19.0. The van der Waals surface area contributed by atoms with Gasteiger partial charge in [-0.2, -0.15) is 0 Å². The number of esters is 2. The third kappa shape index (κ3) is 4.42. The number of ether oxygens (including phenoxy) is 3. The molecule has 0 aliphatic carbocycles. The molecule has 9 heteroatoms. The molecule has 0 bridgehead atoms. The van der Waals surface area contributed by atoms with E-state index in [4.69, 9.17) is 14.2 Å². The van der Waals surface area contributed by atoms with Crippen molar-refractivity contribution in [3.63, 3.8) is 0 Å². The molecule has 0 N–H and O–H groups in total. The monoisotopic (exact) mass is 478 g/mol. The molecule has 1 aromatic heterocycles. The van der Waals surface area contributed by atoms with Crippen molar-refractivity contribution in [3.05, 3.63) is 90.6 Å². The van der Waals surface area contributed by atoms with Crippen LogP contribution in [0.4, 0.5) is 0 Å². The first kappa shape index (κ1) is 23.2. The minimum Gasteiger partial charge on any atom is -0.497 e. The fourth-order valence-corrected chi connectivity index (χ4v) is 4.83. The second-order valence-corrected chi connectivity index (χ2v) is 8.52. The number of hydrogen-bond acceptors (Lipinski definition) is 8. The molecule has 1 atom stereocenters. The van der Waals surface area contributed by atoms with Gasteiger partial charge in [-0.25, -0.2) is 9.79 Å². The maximum atomic E-state index is 13.5. The van der Waals surface area contributed by atoms with Crippen LogP contribution in [0.2, 0.25) is 0 Å². The second-order valence-electron chi connectivity index (χ2n) is 7.51. The van der Waals surface area contributed by atoms with Crippen molar-refractivity contribution in [2.45, 2.75) is 19.9 Å². The Labute approximate surface area is 199 Å². The molecular formula is C25H22N2O6S. The fourth-order valence-electron chi connectivity index (χ4n) is 3.78. The standard InChI is InChI=1S/C25H22N2O6S/c1-14-21(24(30)32-4)22(17-8-10-18(31-3)11-9-17)27-23(29)20(34-25(27)26-14)13-16-6-5-7-19(12-16)33-15(2)28/h5-13,22H,1-4H3/b20-13-/t22-/m1/s1. The number of aromatic nitrogens is 1. The van der Waals surface area contributed by atoms with E-state index < -0.39 is 18.0 Å². The molecule has 0 spiro atoms. The number of fused-ring (bicyclic) bond motifs is 1. The van der Waals surface area contributed by atoms with Gasteiger partial charge in [0.15, 0.2) is 4.80 Å². The molecule has 34 heavy (non-hydrogen) atoms. The van der Waals surface area contributed by atoms with E-state index in [1.165, 1.54) is 29.9 Å². The highest BCUT2D eigenvalue weighted by molar-refractivity contribution is 7.07. The summed E-state index contributed by atoms with van der Waals surface area (Å²) in [6, 6.07) is 13.3. The van der Waals surface area contributed by atoms with Gasteiger partial charge in [0.05, 0.1) is 36.1 Å². The maximum Gasteiger partial charge on any atom is 0.338 e. The molecule has 1 aliphatic rings. The van der Waals surface area contributed by atoms with Gasteiger partial charge in [-0.3, -0.25) is 14.2 Å². The van der Waals surface area contributed by atoms with Crippen LogP contribution in [0.5, 0.6) is 11.5 Å². The zero-order chi connectivity index (χ0) is 24.4. The van der Waals surface area contributed by atoms with Gasteiger partial charge in [0, 0.05) is 6.92 Å². The lowest BCUT2D eigenvalue weighted by Gasteiger charge is -2.24. The molecule has 1 aliphatic heterocycles. The minimum absolute atomic E-state index is 0.295. The molecule has 2 heterocycles. The van der Waals surface area contributed by atoms with E-state index >= 15 is 0 Å². The summed E-state index contributed by atoms with van der Waals surface area (Å²) in [4.78, 5) is 42.5. The van der Waals surface area contributed by atoms with E-state index in [1.807, 2.05) is 12.1 Å². The average Bonchev–Trinajstić information content (AvgIpc) is 3.12. The normalized spacial score (nSPS) is 15.4. The Morgan fingerprint density at radius 2 is 1.82 bits per heavy atom. The zero-order valence-corrected chi connectivity index (χ0v) is 19.8. The molecule has 0 saturated carbocycles. The Bertz CT molecular complexity index is 1480. The molecule has 0 unspecified atom stereocenters. The smallest absolute Gasteiger partial charge is 0.338 e. The highest BCUT2D eigenvalue weighted by Gasteiger charge is 2.33. The van der Waals surface area contributed by atoms with Crippen LogP contribution in [-0.2, 0) is 14.3 Å². The molecule has 8 nitrogen and oxygen atoms in total. The Morgan fingerprint density at radius 1 is 1.09 bits per heavy atom. The van der Waals surface area contributed by atoms with Gasteiger partial charge in [0.2, 0.25) is 0 Å². The Morgan fingerprint density at radius 3 is 2.47 bits per heavy atom. The van der Waals surface area contributed by atoms with Crippen molar-refractivity contribution in [3.8, 4) is 11.5 Å². The third-order valence-electron chi connectivity index (χ3n) is 5.28. The summed E-state index contributed by atoms with van der Waals surface area (Å²) in [5.41, 5.74) is 1.89. The number of hydrogen-bond donors (Lipinski definition) is 0. The van der Waals surface area contributed by atoms with Crippen molar-refractivity contribution < 1.29 is 23.8 Å². The van der Waals surface area contributed by atoms with Gasteiger partial charge < -0.3 is 14.2 Å². The quantitative estimate of drug-likeness (QED) is 0.413. The van der Waals surface area contributed by atoms with Crippen molar-refractivity contribution in [1.82, 2.24) is 4.57 Å². The summed E-state index contributed by atoms with van der Waals surface area (Å²) < 4.78 is 17.3. The number of methoxy groups -OCH3 is 2. The highest BCUT2D eigenvalue weighted by Crippen LogP contribution is 2.31. The van der Waals surface area contributed by atoms with Crippen LogP contribution in [0.1, 0.15) is 31.0 Å². The Hall–Kier alpha value is -3.98. The van der Waals surface area contributed by atoms with Gasteiger partial charge >= 0.3 is 11.9 Å². The van der Waals surface area contributed by atoms with Gasteiger partial charge in [-0.15, -0.1) is 0 Å². The van der Waals surface area contributed by atoms with E-state index in [2.05, 4.69) is 4.99 Å². The molecule has 0 radical (unpaired) electrons. The number of rotatable bonds is 5. The van der Waals surface area contributed by atoms with Crippen molar-refractivity contribution >= 4 is 29.4 Å². The van der Waals surface area contributed by atoms with Crippen LogP contribution < -0.4 is 24.4 Å². The van der Waals surface area contributed by atoms with Gasteiger partial charge in [-0.1, -0.05) is 35.6 Å². The van der Waals surface area contributed by atoms with Crippen molar-refractivity contribution in [1.29, 1.82) is 0 Å². The maximum absolute atomic E-state index is 13.5. The summed E-state index contributed by atoms with van der Waals surface area (Å²) >= 11 is 1.22. The Balaban J connectivity index is 1.90. The van der Waals surface area contributed by atoms with E-state index in [0.29, 0.717) is 37.7 Å². The lowest BCUT2D eigenvalue weighted by atomic mass is 9.96. The second kappa shape index (κ2) is 9.48. The number of carbonyl (C=O) groups excluding carboxylic acids is 2. The Kier molecular flexibility index (Phi) is 6.47. The van der Waals surface area contributed by atoms with Crippen molar-refractivity contribution in [2.24, 2.45) is 4.99 Å². The number of allylic oxidation sites excluding steroid dienone is 1.